The molecule has 2 fully saturated rings. The number of rotatable bonds is 2. The number of benzene rings is 1. The van der Waals surface area contributed by atoms with Crippen molar-refractivity contribution in [3.05, 3.63) is 42.0 Å². The summed E-state index contributed by atoms with van der Waals surface area (Å²) in [7, 11) is 0. The summed E-state index contributed by atoms with van der Waals surface area (Å²) in [6.45, 7) is 5.95. The highest BCUT2D eigenvalue weighted by atomic mass is 16.8. The molecule has 0 aliphatic carbocycles. The largest absolute Gasteiger partial charge is 0.366 e. The zero-order valence-electron chi connectivity index (χ0n) is 11.6. The Hall–Kier alpha value is -1.16. The summed E-state index contributed by atoms with van der Waals surface area (Å²) in [5.74, 6) is -0.508. The highest BCUT2D eigenvalue weighted by Gasteiger charge is 2.52. The van der Waals surface area contributed by atoms with Crippen LogP contribution < -0.4 is 0 Å². The minimum atomic E-state index is -0.508. The summed E-state index contributed by atoms with van der Waals surface area (Å²) < 4.78 is 17.7. The van der Waals surface area contributed by atoms with Gasteiger partial charge in [0.05, 0.1) is 6.10 Å². The highest BCUT2D eigenvalue weighted by Crippen LogP contribution is 2.39. The van der Waals surface area contributed by atoms with Gasteiger partial charge < -0.3 is 14.2 Å². The van der Waals surface area contributed by atoms with Crippen LogP contribution in [0.1, 0.15) is 26.3 Å². The molecular weight excluding hydrogens is 240 g/mol. The highest BCUT2D eigenvalue weighted by molar-refractivity contribution is 5.49. The van der Waals surface area contributed by atoms with Gasteiger partial charge in [0.1, 0.15) is 18.3 Å². The number of hydrogen-bond acceptors (Lipinski definition) is 3. The van der Waals surface area contributed by atoms with Crippen molar-refractivity contribution in [2.75, 3.05) is 0 Å². The second kappa shape index (κ2) is 4.75. The third-order valence-electron chi connectivity index (χ3n) is 3.60. The molecule has 3 heteroatoms. The first kappa shape index (κ1) is 12.9. The molecule has 2 saturated heterocycles. The maximum Gasteiger partial charge on any atom is 0.164 e. The molecule has 0 unspecified atom stereocenters. The van der Waals surface area contributed by atoms with Gasteiger partial charge in [-0.2, -0.15) is 0 Å². The summed E-state index contributed by atoms with van der Waals surface area (Å²) in [5, 5.41) is 0. The van der Waals surface area contributed by atoms with Gasteiger partial charge >= 0.3 is 0 Å². The third-order valence-corrected chi connectivity index (χ3v) is 3.60. The molecule has 3 rings (SSSR count). The summed E-state index contributed by atoms with van der Waals surface area (Å²) in [4.78, 5) is 0. The Morgan fingerprint density at radius 3 is 2.47 bits per heavy atom. The molecule has 0 bridgehead atoms. The van der Waals surface area contributed by atoms with Gasteiger partial charge in [-0.15, -0.1) is 0 Å². The molecule has 4 atom stereocenters. The quantitative estimate of drug-likeness (QED) is 0.818. The lowest BCUT2D eigenvalue weighted by Crippen LogP contribution is -2.28. The average molecular weight is 260 g/mol. The fraction of sp³-hybridized carbons (Fsp3) is 0.500. The number of ether oxygens (including phenoxy) is 3. The molecule has 3 nitrogen and oxygen atoms in total. The minimum Gasteiger partial charge on any atom is -0.366 e. The van der Waals surface area contributed by atoms with Gasteiger partial charge in [0, 0.05) is 0 Å². The van der Waals surface area contributed by atoms with E-state index < -0.39 is 5.79 Å². The van der Waals surface area contributed by atoms with Crippen LogP contribution in [0.25, 0.3) is 6.08 Å². The van der Waals surface area contributed by atoms with E-state index in [4.69, 9.17) is 14.2 Å². The normalized spacial score (nSPS) is 36.8. The van der Waals surface area contributed by atoms with Crippen LogP contribution in [0.4, 0.5) is 0 Å². The average Bonchev–Trinajstić information content (AvgIpc) is 2.84. The van der Waals surface area contributed by atoms with Crippen LogP contribution in [-0.4, -0.2) is 30.2 Å². The lowest BCUT2D eigenvalue weighted by molar-refractivity contribution is -0.180. The fourth-order valence-electron chi connectivity index (χ4n) is 2.76. The number of hydrogen-bond donors (Lipinski definition) is 0. The fourth-order valence-corrected chi connectivity index (χ4v) is 2.76. The van der Waals surface area contributed by atoms with Crippen molar-refractivity contribution >= 4 is 6.08 Å². The predicted molar refractivity (Wildman–Crippen MR) is 73.6 cm³/mol. The van der Waals surface area contributed by atoms with Gasteiger partial charge in [-0.05, 0) is 26.3 Å². The van der Waals surface area contributed by atoms with Gasteiger partial charge in [0.15, 0.2) is 5.79 Å². The van der Waals surface area contributed by atoms with Gasteiger partial charge in [-0.3, -0.25) is 0 Å². The zero-order chi connectivity index (χ0) is 13.5. The maximum absolute atomic E-state index is 5.95. The lowest BCUT2D eigenvalue weighted by atomic mass is 10.1. The third kappa shape index (κ3) is 2.59. The molecule has 0 N–H and O–H groups in total. The van der Waals surface area contributed by atoms with E-state index in [9.17, 15) is 0 Å². The zero-order valence-corrected chi connectivity index (χ0v) is 11.6. The van der Waals surface area contributed by atoms with Crippen LogP contribution in [0.15, 0.2) is 36.4 Å². The van der Waals surface area contributed by atoms with E-state index in [1.807, 2.05) is 39.0 Å². The Balaban J connectivity index is 1.74. The van der Waals surface area contributed by atoms with E-state index in [1.165, 1.54) is 5.56 Å². The topological polar surface area (TPSA) is 27.7 Å². The predicted octanol–water partition coefficient (Wildman–Crippen LogP) is 3.01. The van der Waals surface area contributed by atoms with Crippen molar-refractivity contribution in [1.82, 2.24) is 0 Å². The summed E-state index contributed by atoms with van der Waals surface area (Å²) in [6, 6.07) is 10.2. The Kier molecular flexibility index (Phi) is 3.21. The van der Waals surface area contributed by atoms with Crippen LogP contribution in [0.5, 0.6) is 0 Å². The monoisotopic (exact) mass is 260 g/mol. The van der Waals surface area contributed by atoms with Gasteiger partial charge in [-0.1, -0.05) is 42.5 Å². The molecule has 1 aromatic carbocycles. The van der Waals surface area contributed by atoms with Crippen molar-refractivity contribution in [3.8, 4) is 0 Å². The molecule has 19 heavy (non-hydrogen) atoms. The molecular formula is C16H20O3. The molecule has 0 amide bonds. The Labute approximate surface area is 114 Å². The minimum absolute atomic E-state index is 0.00929. The van der Waals surface area contributed by atoms with Crippen molar-refractivity contribution < 1.29 is 14.2 Å². The molecule has 0 radical (unpaired) electrons. The standard InChI is InChI=1S/C16H20O3/c1-11-14-15(19-16(2,3)18-14)13(17-11)10-9-12-7-5-4-6-8-12/h4-11,13-15H,1-3H3/b10-9+/t11-,13+,14+,15-/m0/s1. The van der Waals surface area contributed by atoms with Gasteiger partial charge in [0.2, 0.25) is 0 Å². The molecule has 1 aromatic rings. The second-order valence-corrected chi connectivity index (χ2v) is 5.64. The van der Waals surface area contributed by atoms with Crippen LogP contribution in [0.2, 0.25) is 0 Å². The van der Waals surface area contributed by atoms with Gasteiger partial charge in [-0.25, -0.2) is 0 Å². The van der Waals surface area contributed by atoms with Crippen molar-refractivity contribution in [3.63, 3.8) is 0 Å². The first-order valence-electron chi connectivity index (χ1n) is 6.79. The first-order chi connectivity index (χ1) is 9.05. The first-order valence-corrected chi connectivity index (χ1v) is 6.79. The van der Waals surface area contributed by atoms with E-state index in [-0.39, 0.29) is 24.4 Å². The lowest BCUT2D eigenvalue weighted by Gasteiger charge is -2.21. The Bertz CT molecular complexity index is 466. The maximum atomic E-state index is 5.95. The molecule has 0 saturated carbocycles. The molecule has 2 heterocycles. The van der Waals surface area contributed by atoms with E-state index in [0.29, 0.717) is 0 Å². The van der Waals surface area contributed by atoms with Crippen LogP contribution in [0, 0.1) is 0 Å². The Morgan fingerprint density at radius 2 is 1.74 bits per heavy atom. The molecule has 2 aliphatic rings. The van der Waals surface area contributed by atoms with Crippen molar-refractivity contribution in [1.29, 1.82) is 0 Å². The van der Waals surface area contributed by atoms with Gasteiger partial charge in [0.25, 0.3) is 0 Å². The molecule has 0 aromatic heterocycles. The van der Waals surface area contributed by atoms with E-state index in [2.05, 4.69) is 24.3 Å². The summed E-state index contributed by atoms with van der Waals surface area (Å²) >= 11 is 0. The van der Waals surface area contributed by atoms with Crippen LogP contribution in [0.3, 0.4) is 0 Å². The second-order valence-electron chi connectivity index (χ2n) is 5.64. The molecule has 0 spiro atoms. The van der Waals surface area contributed by atoms with Crippen LogP contribution in [-0.2, 0) is 14.2 Å². The molecule has 102 valence electrons. The van der Waals surface area contributed by atoms with Crippen LogP contribution >= 0.6 is 0 Å². The summed E-state index contributed by atoms with van der Waals surface area (Å²) in [6.07, 6.45) is 4.19. The SMILES string of the molecule is C[C@@H]1O[C@H](/C=C/c2ccccc2)[C@@H]2OC(C)(C)O[C@@H]21. The van der Waals surface area contributed by atoms with E-state index in [0.717, 1.165) is 0 Å². The summed E-state index contributed by atoms with van der Waals surface area (Å²) in [5.41, 5.74) is 1.17. The Morgan fingerprint density at radius 1 is 1.05 bits per heavy atom. The van der Waals surface area contributed by atoms with Crippen molar-refractivity contribution in [2.24, 2.45) is 0 Å². The van der Waals surface area contributed by atoms with E-state index >= 15 is 0 Å². The smallest absolute Gasteiger partial charge is 0.164 e. The van der Waals surface area contributed by atoms with Crippen molar-refractivity contribution in [2.45, 2.75) is 51.0 Å². The van der Waals surface area contributed by atoms with E-state index in [1.54, 1.807) is 0 Å². The number of fused-ring (bicyclic) bond motifs is 1. The molecule has 2 aliphatic heterocycles.